The van der Waals surface area contributed by atoms with Crippen molar-refractivity contribution >= 4 is 34.8 Å². The molecule has 27 heavy (non-hydrogen) atoms. The predicted molar refractivity (Wildman–Crippen MR) is 113 cm³/mol. The molecule has 2 aromatic carbocycles. The van der Waals surface area contributed by atoms with Gasteiger partial charge in [-0.3, -0.25) is 9.69 Å². The lowest BCUT2D eigenvalue weighted by atomic mass is 10.1. The topological polar surface area (TPSA) is 35.6 Å². The van der Waals surface area contributed by atoms with Gasteiger partial charge in [-0.2, -0.15) is 0 Å². The Hall–Kier alpha value is -1.59. The third-order valence-electron chi connectivity index (χ3n) is 5.02. The van der Waals surface area contributed by atoms with Gasteiger partial charge in [0.05, 0.1) is 6.04 Å². The second-order valence-corrected chi connectivity index (χ2v) is 7.81. The highest BCUT2D eigenvalue weighted by atomic mass is 35.5. The molecule has 2 aromatic rings. The molecule has 1 fully saturated rings. The van der Waals surface area contributed by atoms with Crippen LogP contribution in [0.5, 0.6) is 0 Å². The summed E-state index contributed by atoms with van der Waals surface area (Å²) in [4.78, 5) is 17.3. The lowest BCUT2D eigenvalue weighted by Gasteiger charge is -2.37. The Morgan fingerprint density at radius 3 is 2.30 bits per heavy atom. The van der Waals surface area contributed by atoms with Crippen molar-refractivity contribution in [1.82, 2.24) is 9.80 Å². The van der Waals surface area contributed by atoms with Crippen LogP contribution in [0.4, 0.5) is 5.69 Å². The van der Waals surface area contributed by atoms with Gasteiger partial charge in [0.15, 0.2) is 0 Å². The maximum absolute atomic E-state index is 12.6. The monoisotopic (exact) mass is 405 g/mol. The molecule has 1 N–H and O–H groups in total. The number of nitrogens with zero attached hydrogens (tertiary/aromatic N) is 2. The van der Waals surface area contributed by atoms with Crippen molar-refractivity contribution in [1.29, 1.82) is 0 Å². The molecule has 0 aromatic heterocycles. The Morgan fingerprint density at radius 2 is 1.67 bits per heavy atom. The highest BCUT2D eigenvalue weighted by Gasteiger charge is 2.25. The summed E-state index contributed by atoms with van der Waals surface area (Å²) in [6.07, 6.45) is 1.06. The van der Waals surface area contributed by atoms with E-state index in [-0.39, 0.29) is 11.9 Å². The summed E-state index contributed by atoms with van der Waals surface area (Å²) in [5.74, 6) is -0.0360. The highest BCUT2D eigenvalue weighted by Crippen LogP contribution is 2.23. The van der Waals surface area contributed by atoms with E-state index in [4.69, 9.17) is 23.2 Å². The molecule has 4 nitrogen and oxygen atoms in total. The molecule has 6 heteroatoms. The molecule has 3 rings (SSSR count). The van der Waals surface area contributed by atoms with E-state index < -0.39 is 0 Å². The Kier molecular flexibility index (Phi) is 7.13. The van der Waals surface area contributed by atoms with Crippen LogP contribution in [0.1, 0.15) is 12.5 Å². The van der Waals surface area contributed by atoms with Crippen LogP contribution in [0.15, 0.2) is 48.5 Å². The number of anilines is 1. The summed E-state index contributed by atoms with van der Waals surface area (Å²) >= 11 is 12.0. The highest BCUT2D eigenvalue weighted by molar-refractivity contribution is 6.35. The number of benzene rings is 2. The van der Waals surface area contributed by atoms with E-state index in [1.165, 1.54) is 5.56 Å². The number of amides is 1. The van der Waals surface area contributed by atoms with Gasteiger partial charge < -0.3 is 10.2 Å². The number of hydrogen-bond donors (Lipinski definition) is 1. The van der Waals surface area contributed by atoms with Gasteiger partial charge in [0, 0.05) is 48.5 Å². The second-order valence-electron chi connectivity index (χ2n) is 6.94. The van der Waals surface area contributed by atoms with Crippen LogP contribution in [-0.2, 0) is 11.2 Å². The molecule has 1 amide bonds. The van der Waals surface area contributed by atoms with Crippen LogP contribution in [0.2, 0.25) is 10.0 Å². The fourth-order valence-electron chi connectivity index (χ4n) is 3.34. The third kappa shape index (κ3) is 5.94. The first-order chi connectivity index (χ1) is 13.0. The van der Waals surface area contributed by atoms with Crippen molar-refractivity contribution in [2.45, 2.75) is 19.4 Å². The molecule has 1 saturated heterocycles. The Labute approximate surface area is 171 Å². The van der Waals surface area contributed by atoms with E-state index in [1.807, 2.05) is 13.0 Å². The molecular formula is C21H25Cl2N3O. The predicted octanol–water partition coefficient (Wildman–Crippen LogP) is 4.18. The van der Waals surface area contributed by atoms with Crippen LogP contribution >= 0.6 is 23.2 Å². The third-order valence-corrected chi connectivity index (χ3v) is 5.46. The van der Waals surface area contributed by atoms with Crippen LogP contribution in [-0.4, -0.2) is 54.5 Å². The van der Waals surface area contributed by atoms with Crippen molar-refractivity contribution in [2.75, 3.05) is 38.0 Å². The zero-order valence-corrected chi connectivity index (χ0v) is 17.0. The number of carbonyl (C=O) groups is 1. The average Bonchev–Trinajstić information content (AvgIpc) is 2.66. The van der Waals surface area contributed by atoms with Crippen LogP contribution in [0, 0.1) is 0 Å². The van der Waals surface area contributed by atoms with Crippen molar-refractivity contribution in [2.24, 2.45) is 0 Å². The lowest BCUT2D eigenvalue weighted by Crippen LogP contribution is -2.53. The van der Waals surface area contributed by atoms with E-state index in [0.717, 1.165) is 39.1 Å². The standard InChI is InChI=1S/C21H25Cl2N3O/c1-16(21(27)24-20-14-18(22)13-19(23)15-20)26-11-9-25(10-12-26)8-7-17-5-3-2-4-6-17/h2-6,13-16H,7-12H2,1H3,(H,24,27)/t16-/m0/s1. The first-order valence-corrected chi connectivity index (χ1v) is 10.0. The summed E-state index contributed by atoms with van der Waals surface area (Å²) in [5.41, 5.74) is 2.00. The zero-order chi connectivity index (χ0) is 19.2. The SMILES string of the molecule is C[C@@H](C(=O)Nc1cc(Cl)cc(Cl)c1)N1CCN(CCc2ccccc2)CC1. The quantitative estimate of drug-likeness (QED) is 0.782. The Balaban J connectivity index is 1.46. The molecule has 1 aliphatic heterocycles. The van der Waals surface area contributed by atoms with Crippen LogP contribution in [0.3, 0.4) is 0 Å². The first-order valence-electron chi connectivity index (χ1n) is 9.28. The zero-order valence-electron chi connectivity index (χ0n) is 15.5. The van der Waals surface area contributed by atoms with Gasteiger partial charge in [-0.05, 0) is 37.1 Å². The summed E-state index contributed by atoms with van der Waals surface area (Å²) in [5, 5.41) is 3.94. The van der Waals surface area contributed by atoms with Crippen LogP contribution < -0.4 is 5.32 Å². The molecule has 0 saturated carbocycles. The number of halogens is 2. The van der Waals surface area contributed by atoms with E-state index in [0.29, 0.717) is 15.7 Å². The first kappa shape index (κ1) is 20.2. The Bertz CT molecular complexity index is 741. The molecule has 1 heterocycles. The fraction of sp³-hybridized carbons (Fsp3) is 0.381. The summed E-state index contributed by atoms with van der Waals surface area (Å²) in [6.45, 7) is 6.74. The molecule has 1 atom stereocenters. The lowest BCUT2D eigenvalue weighted by molar-refractivity contribution is -0.121. The van der Waals surface area contributed by atoms with Gasteiger partial charge in [0.25, 0.3) is 0 Å². The summed E-state index contributed by atoms with van der Waals surface area (Å²) in [6, 6.07) is 15.4. The van der Waals surface area contributed by atoms with Crippen molar-refractivity contribution in [3.8, 4) is 0 Å². The van der Waals surface area contributed by atoms with Gasteiger partial charge in [-0.1, -0.05) is 53.5 Å². The van der Waals surface area contributed by atoms with Gasteiger partial charge in [0.1, 0.15) is 0 Å². The normalized spacial score (nSPS) is 16.9. The molecule has 0 aliphatic carbocycles. The fourth-order valence-corrected chi connectivity index (χ4v) is 3.87. The second kappa shape index (κ2) is 9.56. The average molecular weight is 406 g/mol. The van der Waals surface area contributed by atoms with Crippen molar-refractivity contribution in [3.05, 3.63) is 64.1 Å². The van der Waals surface area contributed by atoms with E-state index >= 15 is 0 Å². The minimum absolute atomic E-state index is 0.0360. The Morgan fingerprint density at radius 1 is 1.04 bits per heavy atom. The minimum Gasteiger partial charge on any atom is -0.325 e. The maximum Gasteiger partial charge on any atom is 0.241 e. The molecular weight excluding hydrogens is 381 g/mol. The smallest absolute Gasteiger partial charge is 0.241 e. The van der Waals surface area contributed by atoms with E-state index in [1.54, 1.807) is 18.2 Å². The van der Waals surface area contributed by atoms with Crippen molar-refractivity contribution in [3.63, 3.8) is 0 Å². The largest absolute Gasteiger partial charge is 0.325 e. The van der Waals surface area contributed by atoms with Gasteiger partial charge >= 0.3 is 0 Å². The summed E-state index contributed by atoms with van der Waals surface area (Å²) < 4.78 is 0. The molecule has 0 radical (unpaired) electrons. The van der Waals surface area contributed by atoms with E-state index in [2.05, 4.69) is 39.4 Å². The molecule has 0 spiro atoms. The molecule has 0 bridgehead atoms. The van der Waals surface area contributed by atoms with Crippen LogP contribution in [0.25, 0.3) is 0 Å². The maximum atomic E-state index is 12.6. The number of piperazine rings is 1. The number of rotatable bonds is 6. The summed E-state index contributed by atoms with van der Waals surface area (Å²) in [7, 11) is 0. The number of hydrogen-bond acceptors (Lipinski definition) is 3. The number of nitrogens with one attached hydrogen (secondary N) is 1. The molecule has 1 aliphatic rings. The van der Waals surface area contributed by atoms with Gasteiger partial charge in [-0.15, -0.1) is 0 Å². The molecule has 0 unspecified atom stereocenters. The number of carbonyl (C=O) groups excluding carboxylic acids is 1. The van der Waals surface area contributed by atoms with E-state index in [9.17, 15) is 4.79 Å². The molecule has 144 valence electrons. The minimum atomic E-state index is -0.195. The van der Waals surface area contributed by atoms with Gasteiger partial charge in [0.2, 0.25) is 5.91 Å². The van der Waals surface area contributed by atoms with Gasteiger partial charge in [-0.25, -0.2) is 0 Å². The van der Waals surface area contributed by atoms with Crippen molar-refractivity contribution < 1.29 is 4.79 Å².